The highest BCUT2D eigenvalue weighted by Crippen LogP contribution is 2.47. The van der Waals surface area contributed by atoms with Crippen LogP contribution in [0.25, 0.3) is 20.8 Å². The maximum atomic E-state index is 13.4. The molecule has 0 amide bonds. The molecule has 3 saturated carbocycles. The summed E-state index contributed by atoms with van der Waals surface area (Å²) in [5.41, 5.74) is 3.74. The van der Waals surface area contributed by atoms with Crippen LogP contribution < -0.4 is 15.4 Å². The monoisotopic (exact) mass is 698 g/mol. The largest absolute Gasteiger partial charge is 0.493 e. The second kappa shape index (κ2) is 12.9. The van der Waals surface area contributed by atoms with Crippen molar-refractivity contribution in [1.29, 1.82) is 0 Å². The first-order valence-electron chi connectivity index (χ1n) is 17.0. The van der Waals surface area contributed by atoms with Crippen LogP contribution in [-0.2, 0) is 9.84 Å². The fourth-order valence-electron chi connectivity index (χ4n) is 6.82. The number of thiazole rings is 1. The molecule has 0 aliphatic heterocycles. The van der Waals surface area contributed by atoms with Crippen molar-refractivity contribution < 1.29 is 17.5 Å². The summed E-state index contributed by atoms with van der Waals surface area (Å²) in [6, 6.07) is 17.0. The van der Waals surface area contributed by atoms with Gasteiger partial charge in [0.1, 0.15) is 27.9 Å². The highest BCUT2D eigenvalue weighted by atomic mass is 32.2. The Balaban J connectivity index is 1.04. The van der Waals surface area contributed by atoms with Gasteiger partial charge in [0, 0.05) is 30.1 Å². The predicted octanol–water partition coefficient (Wildman–Crippen LogP) is 7.80. The molecule has 0 spiro atoms. The standard InChI is InChI=1S/C37H39FN6O3S2/c1-23-31(35-43-33-30(48-35)15-18-39-32(33)25-8-9-25)34(42-27-12-7-24(19-27)20-49(45,46)29-13-10-26(38)11-14-29)44-36(41-23)40-21-37(16-17-37)22-47-28-5-3-2-4-6-28/h2-6,10-11,13-15,18,24-25,27H,7-9,12,16-17,19-22H2,1H3,(H2,40,41,42,44). The fourth-order valence-corrected chi connectivity index (χ4v) is 9.55. The molecule has 2 aromatic carbocycles. The van der Waals surface area contributed by atoms with E-state index >= 15 is 0 Å². The Morgan fingerprint density at radius 1 is 0.980 bits per heavy atom. The lowest BCUT2D eigenvalue weighted by atomic mass is 10.1. The second-order valence-electron chi connectivity index (χ2n) is 13.9. The summed E-state index contributed by atoms with van der Waals surface area (Å²) in [6.45, 7) is 3.32. The van der Waals surface area contributed by atoms with Crippen LogP contribution in [0.1, 0.15) is 62.3 Å². The summed E-state index contributed by atoms with van der Waals surface area (Å²) in [4.78, 5) is 19.9. The number of nitrogens with one attached hydrogen (secondary N) is 2. The number of para-hydroxylation sites is 1. The van der Waals surface area contributed by atoms with Gasteiger partial charge in [0.15, 0.2) is 9.84 Å². The van der Waals surface area contributed by atoms with Gasteiger partial charge in [0.05, 0.1) is 38.9 Å². The van der Waals surface area contributed by atoms with Gasteiger partial charge in [-0.15, -0.1) is 11.3 Å². The number of nitrogens with zero attached hydrogens (tertiary/aromatic N) is 4. The number of fused-ring (bicyclic) bond motifs is 1. The number of anilines is 2. The van der Waals surface area contributed by atoms with Gasteiger partial charge in [-0.3, -0.25) is 4.98 Å². The van der Waals surface area contributed by atoms with E-state index in [-0.39, 0.29) is 28.0 Å². The number of halogens is 1. The van der Waals surface area contributed by atoms with E-state index in [1.54, 1.807) is 11.3 Å². The number of aromatic nitrogens is 4. The van der Waals surface area contributed by atoms with Crippen molar-refractivity contribution in [3.05, 3.63) is 84.1 Å². The summed E-state index contributed by atoms with van der Waals surface area (Å²) in [7, 11) is -3.53. The first-order valence-corrected chi connectivity index (χ1v) is 19.5. The van der Waals surface area contributed by atoms with E-state index in [1.165, 1.54) is 24.3 Å². The average Bonchev–Trinajstić information content (AvgIpc) is 4.00. The van der Waals surface area contributed by atoms with Crippen LogP contribution in [0.5, 0.6) is 5.75 Å². The third kappa shape index (κ3) is 7.12. The molecule has 2 N–H and O–H groups in total. The van der Waals surface area contributed by atoms with Crippen molar-refractivity contribution in [2.24, 2.45) is 11.3 Å². The Kier molecular flexibility index (Phi) is 8.47. The molecule has 3 aliphatic carbocycles. The van der Waals surface area contributed by atoms with Crippen molar-refractivity contribution in [1.82, 2.24) is 19.9 Å². The Morgan fingerprint density at radius 2 is 1.78 bits per heavy atom. The molecule has 0 saturated heterocycles. The van der Waals surface area contributed by atoms with Crippen molar-refractivity contribution in [2.75, 3.05) is 29.5 Å². The zero-order chi connectivity index (χ0) is 33.6. The minimum absolute atomic E-state index is 0.0227. The van der Waals surface area contributed by atoms with Gasteiger partial charge >= 0.3 is 0 Å². The Labute approximate surface area is 289 Å². The van der Waals surface area contributed by atoms with Crippen LogP contribution in [0, 0.1) is 24.1 Å². The van der Waals surface area contributed by atoms with E-state index in [0.717, 1.165) is 76.4 Å². The van der Waals surface area contributed by atoms with Crippen LogP contribution in [-0.4, -0.2) is 53.3 Å². The van der Waals surface area contributed by atoms with Crippen LogP contribution in [0.15, 0.2) is 71.8 Å². The normalized spacial score (nSPS) is 20.0. The van der Waals surface area contributed by atoms with Gasteiger partial charge in [-0.05, 0) is 100 Å². The molecule has 8 rings (SSSR count). The molecule has 12 heteroatoms. The van der Waals surface area contributed by atoms with Crippen LogP contribution in [0.3, 0.4) is 0 Å². The number of benzene rings is 2. The molecule has 3 fully saturated rings. The fraction of sp³-hybridized carbons (Fsp3) is 0.405. The molecule has 5 aromatic rings. The van der Waals surface area contributed by atoms with E-state index < -0.39 is 15.7 Å². The molecule has 0 radical (unpaired) electrons. The van der Waals surface area contributed by atoms with E-state index in [1.807, 2.05) is 49.5 Å². The van der Waals surface area contributed by atoms with E-state index in [0.29, 0.717) is 37.3 Å². The van der Waals surface area contributed by atoms with Crippen molar-refractivity contribution in [3.8, 4) is 16.3 Å². The Morgan fingerprint density at radius 3 is 2.53 bits per heavy atom. The molecule has 2 unspecified atom stereocenters. The number of rotatable bonds is 13. The molecule has 3 aliphatic rings. The summed E-state index contributed by atoms with van der Waals surface area (Å²) in [5, 5.41) is 8.06. The Bertz CT molecular complexity index is 2080. The number of pyridine rings is 1. The topological polar surface area (TPSA) is 119 Å². The third-order valence-electron chi connectivity index (χ3n) is 9.98. The van der Waals surface area contributed by atoms with Crippen LogP contribution >= 0.6 is 11.3 Å². The smallest absolute Gasteiger partial charge is 0.224 e. The average molecular weight is 699 g/mol. The first kappa shape index (κ1) is 32.1. The predicted molar refractivity (Wildman–Crippen MR) is 190 cm³/mol. The van der Waals surface area contributed by atoms with Gasteiger partial charge in [0.2, 0.25) is 5.95 Å². The minimum atomic E-state index is -3.53. The maximum absolute atomic E-state index is 13.4. The van der Waals surface area contributed by atoms with Crippen molar-refractivity contribution >= 4 is 43.2 Å². The van der Waals surface area contributed by atoms with Crippen molar-refractivity contribution in [2.45, 2.75) is 68.7 Å². The number of ether oxygens (including phenoxy) is 1. The van der Waals surface area contributed by atoms with Gasteiger partial charge < -0.3 is 15.4 Å². The van der Waals surface area contributed by atoms with Gasteiger partial charge in [0.25, 0.3) is 0 Å². The van der Waals surface area contributed by atoms with Crippen LogP contribution in [0.4, 0.5) is 16.2 Å². The summed E-state index contributed by atoms with van der Waals surface area (Å²) in [6.07, 6.45) is 8.57. The summed E-state index contributed by atoms with van der Waals surface area (Å²) >= 11 is 1.63. The molecule has 0 bridgehead atoms. The molecule has 3 aromatic heterocycles. The number of hydrogen-bond donors (Lipinski definition) is 2. The summed E-state index contributed by atoms with van der Waals surface area (Å²) in [5.74, 6) is 2.15. The summed E-state index contributed by atoms with van der Waals surface area (Å²) < 4.78 is 47.0. The third-order valence-corrected chi connectivity index (χ3v) is 12.9. The lowest BCUT2D eigenvalue weighted by molar-refractivity contribution is 0.242. The van der Waals surface area contributed by atoms with Gasteiger partial charge in [-0.25, -0.2) is 22.8 Å². The van der Waals surface area contributed by atoms with E-state index in [4.69, 9.17) is 19.7 Å². The van der Waals surface area contributed by atoms with Crippen LogP contribution in [0.2, 0.25) is 0 Å². The molecule has 49 heavy (non-hydrogen) atoms. The highest BCUT2D eigenvalue weighted by molar-refractivity contribution is 7.91. The number of sulfone groups is 1. The first-order chi connectivity index (χ1) is 23.7. The van der Waals surface area contributed by atoms with Gasteiger partial charge in [-0.1, -0.05) is 18.2 Å². The van der Waals surface area contributed by atoms with Gasteiger partial charge in [-0.2, -0.15) is 4.98 Å². The molecule has 3 heterocycles. The zero-order valence-corrected chi connectivity index (χ0v) is 29.0. The number of aryl methyl sites for hydroxylation is 1. The van der Waals surface area contributed by atoms with Crippen molar-refractivity contribution in [3.63, 3.8) is 0 Å². The lowest BCUT2D eigenvalue weighted by Crippen LogP contribution is -2.24. The minimum Gasteiger partial charge on any atom is -0.493 e. The SMILES string of the molecule is Cc1nc(NCC2(COc3ccccc3)CC2)nc(NC2CCC(CS(=O)(=O)c3ccc(F)cc3)C2)c1-c1nc2c(C3CC3)nccc2s1. The quantitative estimate of drug-likeness (QED) is 0.119. The van der Waals surface area contributed by atoms with E-state index in [2.05, 4.69) is 15.6 Å². The zero-order valence-electron chi connectivity index (χ0n) is 27.4. The van der Waals surface area contributed by atoms with E-state index in [9.17, 15) is 12.8 Å². The maximum Gasteiger partial charge on any atom is 0.224 e. The highest BCUT2D eigenvalue weighted by Gasteiger charge is 2.43. The second-order valence-corrected chi connectivity index (χ2v) is 17.0. The molecular weight excluding hydrogens is 660 g/mol. The number of hydrogen-bond acceptors (Lipinski definition) is 10. The molecule has 2 atom stereocenters. The lowest BCUT2D eigenvalue weighted by Gasteiger charge is -2.20. The molecular formula is C37H39FN6O3S2. The Hall–Kier alpha value is -4.16. The molecule has 254 valence electrons. The molecule has 9 nitrogen and oxygen atoms in total.